The Bertz CT molecular complexity index is 1790. The van der Waals surface area contributed by atoms with E-state index in [9.17, 15) is 0 Å². The summed E-state index contributed by atoms with van der Waals surface area (Å²) in [5, 5.41) is 6.11. The first-order valence-corrected chi connectivity index (χ1v) is 15.8. The zero-order valence-electron chi connectivity index (χ0n) is 22.5. The van der Waals surface area contributed by atoms with Crippen LogP contribution in [0.25, 0.3) is 28.0 Å². The van der Waals surface area contributed by atoms with Gasteiger partial charge >= 0.3 is 0 Å². The summed E-state index contributed by atoms with van der Waals surface area (Å²) in [5.74, 6) is 0. The maximum Gasteiger partial charge on any atom is 0.182 e. The van der Waals surface area contributed by atoms with Gasteiger partial charge in [-0.3, -0.25) is 0 Å². The summed E-state index contributed by atoms with van der Waals surface area (Å²) in [6, 6.07) is 43.5. The van der Waals surface area contributed by atoms with Gasteiger partial charge in [-0.15, -0.1) is 0 Å². The van der Waals surface area contributed by atoms with Crippen molar-refractivity contribution in [2.24, 2.45) is 0 Å². The summed E-state index contributed by atoms with van der Waals surface area (Å²) in [6.45, 7) is 4.48. The van der Waals surface area contributed by atoms with Gasteiger partial charge in [0.1, 0.15) is 6.17 Å². The molecule has 0 aromatic heterocycles. The lowest BCUT2D eigenvalue weighted by molar-refractivity contribution is 0.399. The average molecular weight is 519 g/mol. The normalized spacial score (nSPS) is 17.6. The summed E-state index contributed by atoms with van der Waals surface area (Å²) >= 11 is 0. The Kier molecular flexibility index (Phi) is 4.69. The summed E-state index contributed by atoms with van der Waals surface area (Å²) < 4.78 is 0. The molecular weight excluding hydrogens is 488 g/mol. The monoisotopic (exact) mass is 518 g/mol. The molecule has 0 bridgehead atoms. The van der Waals surface area contributed by atoms with Gasteiger partial charge in [0, 0.05) is 18.9 Å². The van der Waals surface area contributed by atoms with Crippen molar-refractivity contribution >= 4 is 40.2 Å². The fourth-order valence-electron chi connectivity index (χ4n) is 7.38. The van der Waals surface area contributed by atoms with Gasteiger partial charge in [-0.2, -0.15) is 0 Å². The zero-order valence-corrected chi connectivity index (χ0v) is 23.5. The Morgan fingerprint density at radius 1 is 0.590 bits per heavy atom. The highest BCUT2D eigenvalue weighted by molar-refractivity contribution is 7.24. The number of rotatable bonds is 2. The minimum absolute atomic E-state index is 0.246. The minimum atomic E-state index is -2.36. The van der Waals surface area contributed by atoms with E-state index < -0.39 is 8.07 Å². The maximum absolute atomic E-state index is 2.47. The lowest BCUT2D eigenvalue weighted by atomic mass is 10.0. The third-order valence-corrected chi connectivity index (χ3v) is 14.3. The van der Waals surface area contributed by atoms with Crippen LogP contribution in [0.5, 0.6) is 0 Å². The van der Waals surface area contributed by atoms with E-state index in [1.807, 2.05) is 0 Å². The molecule has 3 aliphatic heterocycles. The first-order chi connectivity index (χ1) is 19.1. The lowest BCUT2D eigenvalue weighted by Crippen LogP contribution is -2.70. The molecule has 0 saturated heterocycles. The van der Waals surface area contributed by atoms with Gasteiger partial charge in [0.2, 0.25) is 0 Å². The van der Waals surface area contributed by atoms with Crippen LogP contribution < -0.4 is 25.6 Å². The molecule has 0 radical (unpaired) electrons. The summed E-state index contributed by atoms with van der Waals surface area (Å²) in [7, 11) is -0.144. The number of para-hydroxylation sites is 1. The van der Waals surface area contributed by atoms with Crippen molar-refractivity contribution in [3.63, 3.8) is 0 Å². The molecule has 0 aliphatic carbocycles. The van der Waals surface area contributed by atoms with Crippen LogP contribution in [-0.4, -0.2) is 26.2 Å². The number of fused-ring (bicyclic) bond motifs is 10. The number of nitrogens with zero attached hydrogens (tertiary/aromatic N) is 2. The maximum atomic E-state index is 2.47. The van der Waals surface area contributed by atoms with Crippen LogP contribution >= 0.6 is 0 Å². The Hall–Kier alpha value is -4.34. The first kappa shape index (κ1) is 22.6. The molecule has 0 fully saturated rings. The molecule has 5 aromatic carbocycles. The molecule has 1 atom stereocenters. The number of anilines is 1. The van der Waals surface area contributed by atoms with Crippen LogP contribution in [0.2, 0.25) is 0 Å². The Balaban J connectivity index is 1.35. The van der Waals surface area contributed by atoms with Crippen LogP contribution in [0.4, 0.5) is 5.69 Å². The van der Waals surface area contributed by atoms with E-state index in [1.54, 1.807) is 0 Å². The number of hydrogen-bond acceptors (Lipinski definition) is 2. The van der Waals surface area contributed by atoms with Gasteiger partial charge in [-0.1, -0.05) is 103 Å². The minimum Gasteiger partial charge on any atom is -0.353 e. The summed E-state index contributed by atoms with van der Waals surface area (Å²) in [6.07, 6.45) is 2.58. The Morgan fingerprint density at radius 2 is 1.10 bits per heavy atom. The second-order valence-corrected chi connectivity index (χ2v) is 14.8. The van der Waals surface area contributed by atoms with Crippen LogP contribution in [0.15, 0.2) is 121 Å². The van der Waals surface area contributed by atoms with E-state index in [4.69, 9.17) is 0 Å². The van der Waals surface area contributed by atoms with E-state index in [2.05, 4.69) is 152 Å². The van der Waals surface area contributed by atoms with E-state index in [0.717, 1.165) is 0 Å². The third kappa shape index (κ3) is 2.86. The van der Waals surface area contributed by atoms with Gasteiger partial charge in [0.05, 0.1) is 5.70 Å². The largest absolute Gasteiger partial charge is 0.353 e. The number of hydrogen-bond donors (Lipinski definition) is 0. The fourth-order valence-corrected chi connectivity index (χ4v) is 13.0. The van der Waals surface area contributed by atoms with Gasteiger partial charge in [-0.25, -0.2) is 0 Å². The number of benzene rings is 5. The molecule has 188 valence electrons. The van der Waals surface area contributed by atoms with Gasteiger partial charge in [-0.05, 0) is 80.1 Å². The van der Waals surface area contributed by atoms with Crippen molar-refractivity contribution < 1.29 is 0 Å². The quantitative estimate of drug-likeness (QED) is 0.282. The molecule has 3 heteroatoms. The van der Waals surface area contributed by atoms with Crippen LogP contribution in [-0.2, 0) is 0 Å². The van der Waals surface area contributed by atoms with E-state index in [0.29, 0.717) is 0 Å². The highest BCUT2D eigenvalue weighted by atomic mass is 28.3. The van der Waals surface area contributed by atoms with Crippen molar-refractivity contribution in [2.75, 3.05) is 11.9 Å². The molecule has 39 heavy (non-hydrogen) atoms. The molecular formula is C36H30N2Si. The second-order valence-electron chi connectivity index (χ2n) is 11.1. The van der Waals surface area contributed by atoms with E-state index in [-0.39, 0.29) is 6.17 Å². The summed E-state index contributed by atoms with van der Waals surface area (Å²) in [5.41, 5.74) is 10.7. The average Bonchev–Trinajstić information content (AvgIpc) is 3.56. The molecule has 1 unspecified atom stereocenters. The van der Waals surface area contributed by atoms with Gasteiger partial charge in [0.15, 0.2) is 8.07 Å². The van der Waals surface area contributed by atoms with Crippen molar-refractivity contribution in [2.45, 2.75) is 20.0 Å². The lowest BCUT2D eigenvalue weighted by Gasteiger charge is -2.29. The SMILES string of the molecule is Cc1ccccc1N1C=C(c2ccc3c(c2)-c2ccccc2[Si]32c3ccccc3-c3ccccc32)N(C)C1C. The molecule has 0 N–H and O–H groups in total. The predicted octanol–water partition coefficient (Wildman–Crippen LogP) is 5.43. The molecule has 0 saturated carbocycles. The predicted molar refractivity (Wildman–Crippen MR) is 167 cm³/mol. The topological polar surface area (TPSA) is 6.48 Å². The Morgan fingerprint density at radius 3 is 1.72 bits per heavy atom. The van der Waals surface area contributed by atoms with Crippen molar-refractivity contribution in [1.29, 1.82) is 0 Å². The molecule has 3 aliphatic rings. The van der Waals surface area contributed by atoms with E-state index in [1.165, 1.54) is 65.5 Å². The standard InChI is InChI=1S/C36H30N2Si/c1-24-12-4-8-16-31(24)38-23-32(37(3)25(38)2)26-20-21-36-30(22-26)29-15-7-11-19-35(29)39(36)33-17-9-5-13-27(33)28-14-6-10-18-34(28)39/h4-23,25H,1-3H3. The molecule has 3 heterocycles. The molecule has 2 nitrogen and oxygen atoms in total. The molecule has 8 rings (SSSR count). The highest BCUT2D eigenvalue weighted by Crippen LogP contribution is 2.39. The van der Waals surface area contributed by atoms with Crippen LogP contribution in [0.3, 0.4) is 0 Å². The van der Waals surface area contributed by atoms with Crippen molar-refractivity contribution in [3.8, 4) is 22.3 Å². The molecule has 5 aromatic rings. The van der Waals surface area contributed by atoms with Crippen molar-refractivity contribution in [3.05, 3.63) is 133 Å². The molecule has 0 amide bonds. The smallest absolute Gasteiger partial charge is 0.182 e. The van der Waals surface area contributed by atoms with Gasteiger partial charge in [0.25, 0.3) is 0 Å². The zero-order chi connectivity index (χ0) is 26.3. The summed E-state index contributed by atoms with van der Waals surface area (Å²) in [4.78, 5) is 4.81. The second kappa shape index (κ2) is 8.08. The number of aryl methyl sites for hydroxylation is 1. The highest BCUT2D eigenvalue weighted by Gasteiger charge is 2.53. The van der Waals surface area contributed by atoms with E-state index >= 15 is 0 Å². The third-order valence-electron chi connectivity index (χ3n) is 9.29. The van der Waals surface area contributed by atoms with Crippen LogP contribution in [0, 0.1) is 6.92 Å². The van der Waals surface area contributed by atoms with Crippen LogP contribution in [0.1, 0.15) is 18.1 Å². The molecule has 1 spiro atoms. The first-order valence-electron chi connectivity index (χ1n) is 13.8. The Labute approximate surface area is 231 Å². The fraction of sp³-hybridized carbons (Fsp3) is 0.111. The van der Waals surface area contributed by atoms with Crippen molar-refractivity contribution in [1.82, 2.24) is 4.90 Å². The van der Waals surface area contributed by atoms with Gasteiger partial charge < -0.3 is 9.80 Å².